The molecular formula is C21H18F5N5O3. The van der Waals surface area contributed by atoms with Gasteiger partial charge in [-0.05, 0) is 24.6 Å². The molecule has 0 N–H and O–H groups in total. The third-order valence-corrected chi connectivity index (χ3v) is 4.99. The van der Waals surface area contributed by atoms with Crippen LogP contribution in [-0.2, 0) is 11.3 Å². The van der Waals surface area contributed by atoms with Crippen molar-refractivity contribution >= 4 is 11.6 Å². The quantitative estimate of drug-likeness (QED) is 0.470. The van der Waals surface area contributed by atoms with E-state index in [1.165, 1.54) is 30.5 Å². The molecule has 13 heteroatoms. The van der Waals surface area contributed by atoms with E-state index in [4.69, 9.17) is 9.47 Å². The van der Waals surface area contributed by atoms with Crippen LogP contribution in [0.15, 0.2) is 36.9 Å². The van der Waals surface area contributed by atoms with Gasteiger partial charge in [-0.3, -0.25) is 19.4 Å². The summed E-state index contributed by atoms with van der Waals surface area (Å²) in [6.45, 7) is -0.424. The fourth-order valence-corrected chi connectivity index (χ4v) is 3.67. The minimum Gasteiger partial charge on any atom is -0.486 e. The normalized spacial score (nSPS) is 15.8. The molecular weight excluding hydrogens is 465 g/mol. The number of ether oxygens (including phenoxy) is 2. The Morgan fingerprint density at radius 2 is 1.94 bits per heavy atom. The molecule has 0 radical (unpaired) electrons. The van der Waals surface area contributed by atoms with Gasteiger partial charge in [0.2, 0.25) is 0 Å². The summed E-state index contributed by atoms with van der Waals surface area (Å²) in [4.78, 5) is 22.9. The minimum atomic E-state index is -4.48. The molecule has 0 spiro atoms. The highest BCUT2D eigenvalue weighted by Gasteiger charge is 2.42. The highest BCUT2D eigenvalue weighted by molar-refractivity contribution is 6.11. The van der Waals surface area contributed by atoms with Gasteiger partial charge in [-0.15, -0.1) is 0 Å². The summed E-state index contributed by atoms with van der Waals surface area (Å²) in [5.74, 6) is -0.382. The first-order valence-electron chi connectivity index (χ1n) is 9.91. The van der Waals surface area contributed by atoms with E-state index in [-0.39, 0.29) is 22.7 Å². The largest absolute Gasteiger partial charge is 0.486 e. The van der Waals surface area contributed by atoms with Gasteiger partial charge in [-0.25, -0.2) is 13.8 Å². The van der Waals surface area contributed by atoms with Crippen molar-refractivity contribution in [1.82, 2.24) is 19.7 Å². The number of methoxy groups -OCH3 is 1. The molecule has 0 saturated carbocycles. The molecule has 1 unspecified atom stereocenters. The fraction of sp³-hybridized carbons (Fsp3) is 0.333. The van der Waals surface area contributed by atoms with Crippen molar-refractivity contribution in [2.75, 3.05) is 18.6 Å². The lowest BCUT2D eigenvalue weighted by molar-refractivity contribution is -0.142. The molecule has 0 bridgehead atoms. The number of rotatable bonds is 7. The summed E-state index contributed by atoms with van der Waals surface area (Å²) in [5, 5.41) is 3.69. The zero-order valence-electron chi connectivity index (χ0n) is 17.9. The van der Waals surface area contributed by atoms with Gasteiger partial charge in [0.05, 0.1) is 29.3 Å². The predicted octanol–water partition coefficient (Wildman–Crippen LogP) is 4.16. The van der Waals surface area contributed by atoms with Crippen molar-refractivity contribution in [2.45, 2.75) is 32.3 Å². The highest BCUT2D eigenvalue weighted by Crippen LogP contribution is 2.39. The number of anilines is 1. The molecule has 1 amide bonds. The number of aromatic nitrogens is 4. The van der Waals surface area contributed by atoms with E-state index in [0.29, 0.717) is 21.5 Å². The van der Waals surface area contributed by atoms with Crippen LogP contribution in [0.5, 0.6) is 5.75 Å². The zero-order chi connectivity index (χ0) is 24.6. The summed E-state index contributed by atoms with van der Waals surface area (Å²) >= 11 is 0. The van der Waals surface area contributed by atoms with E-state index in [1.807, 2.05) is 0 Å². The number of aryl methyl sites for hydroxylation is 1. The van der Waals surface area contributed by atoms with Crippen molar-refractivity contribution in [3.8, 4) is 17.0 Å². The number of amides is 1. The Kier molecular flexibility index (Phi) is 6.21. The Bertz CT molecular complexity index is 1210. The number of hydrogen-bond acceptors (Lipinski definition) is 6. The molecule has 1 aliphatic rings. The average Bonchev–Trinajstić information content (AvgIpc) is 3.32. The van der Waals surface area contributed by atoms with Crippen LogP contribution in [0.3, 0.4) is 0 Å². The second-order valence-electron chi connectivity index (χ2n) is 7.47. The number of alkyl halides is 5. The van der Waals surface area contributed by atoms with Gasteiger partial charge in [0.15, 0.2) is 6.23 Å². The van der Waals surface area contributed by atoms with Crippen LogP contribution in [-0.4, -0.2) is 52.0 Å². The number of hydrogen-bond donors (Lipinski definition) is 0. The molecule has 0 aliphatic carbocycles. The van der Waals surface area contributed by atoms with Gasteiger partial charge in [-0.1, -0.05) is 0 Å². The zero-order valence-corrected chi connectivity index (χ0v) is 17.9. The maximum absolute atomic E-state index is 13.2. The maximum Gasteiger partial charge on any atom is 0.408 e. The number of carbonyl (C=O) groups excluding carboxylic acids is 1. The first-order chi connectivity index (χ1) is 16.1. The first-order valence-corrected chi connectivity index (χ1v) is 9.91. The van der Waals surface area contributed by atoms with E-state index in [1.54, 1.807) is 13.0 Å². The molecule has 8 nitrogen and oxygen atoms in total. The van der Waals surface area contributed by atoms with E-state index in [2.05, 4.69) is 15.1 Å². The van der Waals surface area contributed by atoms with E-state index >= 15 is 0 Å². The molecule has 1 atom stereocenters. The van der Waals surface area contributed by atoms with Gasteiger partial charge in [0, 0.05) is 25.1 Å². The number of pyridine rings is 2. The van der Waals surface area contributed by atoms with Crippen molar-refractivity contribution in [1.29, 1.82) is 0 Å². The monoisotopic (exact) mass is 483 g/mol. The lowest BCUT2D eigenvalue weighted by atomic mass is 10.0. The Labute approximate surface area is 189 Å². The molecule has 0 saturated heterocycles. The van der Waals surface area contributed by atoms with Crippen molar-refractivity contribution < 1.29 is 36.2 Å². The van der Waals surface area contributed by atoms with E-state index in [0.717, 1.165) is 12.4 Å². The van der Waals surface area contributed by atoms with Crippen LogP contribution >= 0.6 is 0 Å². The summed E-state index contributed by atoms with van der Waals surface area (Å²) < 4.78 is 74.2. The van der Waals surface area contributed by atoms with Gasteiger partial charge < -0.3 is 9.47 Å². The molecule has 1 aliphatic heterocycles. The lowest BCUT2D eigenvalue weighted by Gasteiger charge is -2.21. The van der Waals surface area contributed by atoms with Crippen molar-refractivity contribution in [3.05, 3.63) is 53.7 Å². The van der Waals surface area contributed by atoms with Crippen LogP contribution in [0.1, 0.15) is 27.8 Å². The number of fused-ring (bicyclic) bond motifs is 1. The van der Waals surface area contributed by atoms with Crippen LogP contribution in [0.25, 0.3) is 11.3 Å². The Morgan fingerprint density at radius 3 is 2.62 bits per heavy atom. The standard InChI is InChI=1S/C21H18F5N5O3/c1-11-3-15(12-4-14(7-27-5-12)34-9-16(22)23)29-18-17(11)19(32)31(20(18)33-2)13-6-28-30(8-13)10-21(24,25)26/h3-8,16,20H,9-10H2,1-2H3. The second kappa shape index (κ2) is 8.97. The molecule has 3 aromatic rings. The molecule has 4 rings (SSSR count). The van der Waals surface area contributed by atoms with Gasteiger partial charge >= 0.3 is 6.18 Å². The van der Waals surface area contributed by atoms with Crippen LogP contribution in [0.4, 0.5) is 27.6 Å². The molecule has 4 heterocycles. The lowest BCUT2D eigenvalue weighted by Crippen LogP contribution is -2.28. The maximum atomic E-state index is 13.2. The van der Waals surface area contributed by atoms with Gasteiger partial charge in [0.25, 0.3) is 12.3 Å². The second-order valence-corrected chi connectivity index (χ2v) is 7.47. The van der Waals surface area contributed by atoms with Crippen LogP contribution < -0.4 is 9.64 Å². The number of halogens is 5. The van der Waals surface area contributed by atoms with Gasteiger partial charge in [-0.2, -0.15) is 18.3 Å². The smallest absolute Gasteiger partial charge is 0.408 e. The van der Waals surface area contributed by atoms with Crippen LogP contribution in [0, 0.1) is 6.92 Å². The third-order valence-electron chi connectivity index (χ3n) is 4.99. The third kappa shape index (κ3) is 4.69. The molecule has 180 valence electrons. The van der Waals surface area contributed by atoms with Crippen molar-refractivity contribution in [2.24, 2.45) is 0 Å². The first kappa shape index (κ1) is 23.5. The molecule has 0 fully saturated rings. The van der Waals surface area contributed by atoms with Crippen molar-refractivity contribution in [3.63, 3.8) is 0 Å². The fourth-order valence-electron chi connectivity index (χ4n) is 3.67. The Morgan fingerprint density at radius 1 is 1.18 bits per heavy atom. The number of nitrogens with zero attached hydrogens (tertiary/aromatic N) is 5. The summed E-state index contributed by atoms with van der Waals surface area (Å²) in [6, 6.07) is 3.11. The highest BCUT2D eigenvalue weighted by atomic mass is 19.4. The molecule has 0 aromatic carbocycles. The predicted molar refractivity (Wildman–Crippen MR) is 109 cm³/mol. The van der Waals surface area contributed by atoms with E-state index < -0.39 is 37.9 Å². The SMILES string of the molecule is COC1c2nc(-c3cncc(OCC(F)F)c3)cc(C)c2C(=O)N1c1cnn(CC(F)(F)F)c1. The summed E-state index contributed by atoms with van der Waals surface area (Å²) in [5.41, 5.74) is 1.99. The Balaban J connectivity index is 1.69. The molecule has 34 heavy (non-hydrogen) atoms. The summed E-state index contributed by atoms with van der Waals surface area (Å²) in [6.07, 6.45) is -3.15. The van der Waals surface area contributed by atoms with Gasteiger partial charge in [0.1, 0.15) is 24.6 Å². The Hall–Kier alpha value is -3.61. The average molecular weight is 483 g/mol. The number of carbonyl (C=O) groups is 1. The topological polar surface area (TPSA) is 82.4 Å². The summed E-state index contributed by atoms with van der Waals surface area (Å²) in [7, 11) is 1.34. The van der Waals surface area contributed by atoms with Crippen LogP contribution in [0.2, 0.25) is 0 Å². The van der Waals surface area contributed by atoms with E-state index in [9.17, 15) is 26.7 Å². The molecule has 3 aromatic heterocycles. The minimum absolute atomic E-state index is 0.115.